The van der Waals surface area contributed by atoms with Gasteiger partial charge < -0.3 is 4.74 Å². The molecule has 0 aromatic heterocycles. The van der Waals surface area contributed by atoms with E-state index in [1.54, 1.807) is 19.9 Å². The van der Waals surface area contributed by atoms with Crippen LogP contribution in [-0.4, -0.2) is 12.7 Å². The molecule has 1 amide bonds. The van der Waals surface area contributed by atoms with Crippen molar-refractivity contribution in [1.82, 2.24) is 0 Å². The number of anilines is 1. The molecule has 4 heteroatoms. The van der Waals surface area contributed by atoms with Crippen LogP contribution in [0.4, 0.5) is 14.9 Å². The molecule has 0 aliphatic rings. The zero-order valence-corrected chi connectivity index (χ0v) is 8.13. The number of aryl methyl sites for hydroxylation is 1. The topological polar surface area (TPSA) is 38.3 Å². The van der Waals surface area contributed by atoms with E-state index < -0.39 is 11.9 Å². The van der Waals surface area contributed by atoms with E-state index in [9.17, 15) is 9.18 Å². The van der Waals surface area contributed by atoms with Crippen LogP contribution in [0.1, 0.15) is 12.5 Å². The van der Waals surface area contributed by atoms with E-state index in [2.05, 4.69) is 10.1 Å². The maximum atomic E-state index is 13.2. The van der Waals surface area contributed by atoms with Crippen LogP contribution in [0.5, 0.6) is 0 Å². The Bertz CT molecular complexity index is 339. The molecule has 0 heterocycles. The molecule has 76 valence electrons. The molecule has 0 atom stereocenters. The van der Waals surface area contributed by atoms with E-state index in [1.807, 2.05) is 0 Å². The smallest absolute Gasteiger partial charge is 0.411 e. The molecule has 0 aliphatic carbocycles. The number of carbonyl (C=O) groups is 1. The van der Waals surface area contributed by atoms with E-state index in [4.69, 9.17) is 0 Å². The Morgan fingerprint density at radius 1 is 1.57 bits per heavy atom. The van der Waals surface area contributed by atoms with Gasteiger partial charge in [-0.25, -0.2) is 9.18 Å². The van der Waals surface area contributed by atoms with Crippen LogP contribution in [0.2, 0.25) is 0 Å². The predicted molar refractivity (Wildman–Crippen MR) is 51.8 cm³/mol. The predicted octanol–water partition coefficient (Wildman–Crippen LogP) is 2.70. The minimum atomic E-state index is -0.643. The average molecular weight is 197 g/mol. The summed E-state index contributed by atoms with van der Waals surface area (Å²) in [5, 5.41) is 2.30. The lowest BCUT2D eigenvalue weighted by Gasteiger charge is -2.06. The molecule has 0 unspecified atom stereocenters. The van der Waals surface area contributed by atoms with Crippen molar-refractivity contribution in [3.63, 3.8) is 0 Å². The molecule has 14 heavy (non-hydrogen) atoms. The van der Waals surface area contributed by atoms with Crippen molar-refractivity contribution in [1.29, 1.82) is 0 Å². The number of benzene rings is 1. The molecule has 3 nitrogen and oxygen atoms in total. The molecule has 0 fully saturated rings. The first-order chi connectivity index (χ1) is 6.63. The summed E-state index contributed by atoms with van der Waals surface area (Å²) in [4.78, 5) is 10.9. The van der Waals surface area contributed by atoms with E-state index in [-0.39, 0.29) is 12.3 Å². The van der Waals surface area contributed by atoms with Crippen molar-refractivity contribution < 1.29 is 13.9 Å². The van der Waals surface area contributed by atoms with Gasteiger partial charge in [-0.1, -0.05) is 6.07 Å². The molecular formula is C10H12FNO2. The van der Waals surface area contributed by atoms with Crippen LogP contribution in [0.3, 0.4) is 0 Å². The molecular weight excluding hydrogens is 185 g/mol. The van der Waals surface area contributed by atoms with E-state index in [1.165, 1.54) is 12.1 Å². The van der Waals surface area contributed by atoms with Crippen molar-refractivity contribution in [2.75, 3.05) is 11.9 Å². The summed E-state index contributed by atoms with van der Waals surface area (Å²) in [5.74, 6) is -0.460. The Labute approximate surface area is 81.9 Å². The Balaban J connectivity index is 2.72. The lowest BCUT2D eigenvalue weighted by atomic mass is 10.2. The third kappa shape index (κ3) is 2.73. The van der Waals surface area contributed by atoms with Gasteiger partial charge in [0, 0.05) is 0 Å². The van der Waals surface area contributed by atoms with Crippen molar-refractivity contribution in [2.24, 2.45) is 0 Å². The van der Waals surface area contributed by atoms with Gasteiger partial charge in [0.25, 0.3) is 0 Å². The highest BCUT2D eigenvalue weighted by molar-refractivity contribution is 5.84. The molecule has 0 saturated heterocycles. The number of halogens is 1. The Morgan fingerprint density at radius 3 is 2.86 bits per heavy atom. The third-order valence-corrected chi connectivity index (χ3v) is 1.64. The maximum Gasteiger partial charge on any atom is 0.411 e. The van der Waals surface area contributed by atoms with Crippen molar-refractivity contribution >= 4 is 11.8 Å². The Morgan fingerprint density at radius 2 is 2.29 bits per heavy atom. The monoisotopic (exact) mass is 197 g/mol. The van der Waals surface area contributed by atoms with Gasteiger partial charge in [-0.2, -0.15) is 0 Å². The zero-order valence-electron chi connectivity index (χ0n) is 8.13. The number of hydrogen-bond acceptors (Lipinski definition) is 2. The fourth-order valence-corrected chi connectivity index (χ4v) is 0.999. The molecule has 1 rings (SSSR count). The fourth-order valence-electron chi connectivity index (χ4n) is 0.999. The highest BCUT2D eigenvalue weighted by Crippen LogP contribution is 2.15. The Kier molecular flexibility index (Phi) is 3.45. The lowest BCUT2D eigenvalue weighted by molar-refractivity contribution is 0.168. The molecule has 0 saturated carbocycles. The number of rotatable bonds is 2. The summed E-state index contributed by atoms with van der Waals surface area (Å²) in [6, 6.07) is 4.56. The third-order valence-electron chi connectivity index (χ3n) is 1.64. The first-order valence-corrected chi connectivity index (χ1v) is 4.33. The highest BCUT2D eigenvalue weighted by Gasteiger charge is 2.06. The van der Waals surface area contributed by atoms with Crippen LogP contribution in [0, 0.1) is 12.7 Å². The molecule has 1 N–H and O–H groups in total. The lowest BCUT2D eigenvalue weighted by Crippen LogP contribution is -2.14. The van der Waals surface area contributed by atoms with Crippen molar-refractivity contribution in [3.8, 4) is 0 Å². The quantitative estimate of drug-likeness (QED) is 0.791. The standard InChI is InChI=1S/C10H12FNO2/c1-3-14-10(13)12-9-5-4-7(2)6-8(9)11/h4-6H,3H2,1-2H3,(H,12,13). The molecule has 0 spiro atoms. The molecule has 0 bridgehead atoms. The second kappa shape index (κ2) is 4.60. The van der Waals surface area contributed by atoms with Crippen LogP contribution >= 0.6 is 0 Å². The minimum Gasteiger partial charge on any atom is -0.450 e. The summed E-state index contributed by atoms with van der Waals surface area (Å²) in [5.41, 5.74) is 0.936. The summed E-state index contributed by atoms with van der Waals surface area (Å²) in [6.07, 6.45) is -0.643. The van der Waals surface area contributed by atoms with Gasteiger partial charge in [0.15, 0.2) is 0 Å². The first-order valence-electron chi connectivity index (χ1n) is 4.33. The second-order valence-electron chi connectivity index (χ2n) is 2.83. The van der Waals surface area contributed by atoms with Gasteiger partial charge in [0.1, 0.15) is 5.82 Å². The van der Waals surface area contributed by atoms with Crippen LogP contribution < -0.4 is 5.32 Å². The largest absolute Gasteiger partial charge is 0.450 e. The van der Waals surface area contributed by atoms with Crippen molar-refractivity contribution in [3.05, 3.63) is 29.6 Å². The number of carbonyl (C=O) groups excluding carboxylic acids is 1. The molecule has 1 aromatic carbocycles. The minimum absolute atomic E-state index is 0.133. The van der Waals surface area contributed by atoms with E-state index >= 15 is 0 Å². The molecule has 1 aromatic rings. The Hall–Kier alpha value is -1.58. The maximum absolute atomic E-state index is 13.2. The molecule has 0 radical (unpaired) electrons. The summed E-state index contributed by atoms with van der Waals surface area (Å²) in [6.45, 7) is 3.72. The number of ether oxygens (including phenoxy) is 1. The van der Waals surface area contributed by atoms with Gasteiger partial charge in [-0.15, -0.1) is 0 Å². The first kappa shape index (κ1) is 10.5. The van der Waals surface area contributed by atoms with Gasteiger partial charge in [0.05, 0.1) is 12.3 Å². The molecule has 0 aliphatic heterocycles. The number of nitrogens with one attached hydrogen (secondary N) is 1. The van der Waals surface area contributed by atoms with Gasteiger partial charge in [-0.05, 0) is 31.5 Å². The van der Waals surface area contributed by atoms with Gasteiger partial charge >= 0.3 is 6.09 Å². The van der Waals surface area contributed by atoms with Gasteiger partial charge in [-0.3, -0.25) is 5.32 Å². The van der Waals surface area contributed by atoms with Crippen LogP contribution in [-0.2, 0) is 4.74 Å². The number of amides is 1. The second-order valence-corrected chi connectivity index (χ2v) is 2.83. The zero-order chi connectivity index (χ0) is 10.6. The SMILES string of the molecule is CCOC(=O)Nc1ccc(C)cc1F. The normalized spacial score (nSPS) is 9.64. The summed E-state index contributed by atoms with van der Waals surface area (Å²) in [7, 11) is 0. The summed E-state index contributed by atoms with van der Waals surface area (Å²) < 4.78 is 17.8. The fraction of sp³-hybridized carbons (Fsp3) is 0.300. The van der Waals surface area contributed by atoms with E-state index in [0.717, 1.165) is 5.56 Å². The van der Waals surface area contributed by atoms with Crippen molar-refractivity contribution in [2.45, 2.75) is 13.8 Å². The van der Waals surface area contributed by atoms with Crippen LogP contribution in [0.25, 0.3) is 0 Å². The highest BCUT2D eigenvalue weighted by atomic mass is 19.1. The van der Waals surface area contributed by atoms with Gasteiger partial charge in [0.2, 0.25) is 0 Å². The summed E-state index contributed by atoms with van der Waals surface area (Å²) >= 11 is 0. The average Bonchev–Trinajstić information content (AvgIpc) is 2.10. The number of hydrogen-bond donors (Lipinski definition) is 1. The van der Waals surface area contributed by atoms with Crippen LogP contribution in [0.15, 0.2) is 18.2 Å². The van der Waals surface area contributed by atoms with E-state index in [0.29, 0.717) is 0 Å².